The quantitative estimate of drug-likeness (QED) is 0.642. The zero-order chi connectivity index (χ0) is 19.6. The molecule has 0 bridgehead atoms. The molecule has 0 aromatic heterocycles. The van der Waals surface area contributed by atoms with Crippen LogP contribution in [0.25, 0.3) is 6.08 Å². The van der Waals surface area contributed by atoms with Gasteiger partial charge in [0.1, 0.15) is 17.1 Å². The van der Waals surface area contributed by atoms with Crippen molar-refractivity contribution < 1.29 is 23.5 Å². The Morgan fingerprint density at radius 3 is 2.59 bits per heavy atom. The summed E-state index contributed by atoms with van der Waals surface area (Å²) < 4.78 is 19.4. The fourth-order valence-electron chi connectivity index (χ4n) is 2.56. The summed E-state index contributed by atoms with van der Waals surface area (Å²) in [6.45, 7) is 2.24. The summed E-state index contributed by atoms with van der Waals surface area (Å²) >= 11 is 6.11. The van der Waals surface area contributed by atoms with Gasteiger partial charge in [-0.2, -0.15) is 0 Å². The van der Waals surface area contributed by atoms with E-state index in [4.69, 9.17) is 16.3 Å². The normalized spacial score (nSPS) is 15.9. The number of imide groups is 2. The van der Waals surface area contributed by atoms with E-state index in [9.17, 15) is 18.8 Å². The molecule has 1 aliphatic rings. The average Bonchev–Trinajstić information content (AvgIpc) is 2.62. The number of urea groups is 1. The predicted octanol–water partition coefficient (Wildman–Crippen LogP) is 3.54. The molecule has 0 spiro atoms. The SMILES string of the molecule is CCOc1ccc(/C=C2/C(=O)NC(=O)N(c3ccccc3F)C2=O)cc1Cl. The summed E-state index contributed by atoms with van der Waals surface area (Å²) in [6, 6.07) is 8.99. The molecule has 3 rings (SSSR count). The number of barbiturate groups is 1. The predicted molar refractivity (Wildman–Crippen MR) is 98.0 cm³/mol. The Morgan fingerprint density at radius 2 is 1.93 bits per heavy atom. The molecule has 8 heteroatoms. The molecule has 2 aromatic rings. The molecule has 0 unspecified atom stereocenters. The molecule has 2 aromatic carbocycles. The Labute approximate surface area is 159 Å². The maximum absolute atomic E-state index is 14.0. The van der Waals surface area contributed by atoms with E-state index in [2.05, 4.69) is 0 Å². The number of nitrogens with zero attached hydrogens (tertiary/aromatic N) is 1. The van der Waals surface area contributed by atoms with Crippen LogP contribution in [0.5, 0.6) is 5.75 Å². The van der Waals surface area contributed by atoms with E-state index in [1.54, 1.807) is 12.1 Å². The Kier molecular flexibility index (Phi) is 5.23. The van der Waals surface area contributed by atoms with Crippen molar-refractivity contribution in [2.45, 2.75) is 6.92 Å². The first-order valence-corrected chi connectivity index (χ1v) is 8.38. The highest BCUT2D eigenvalue weighted by Crippen LogP contribution is 2.28. The number of halogens is 2. The molecular weight excluding hydrogens is 375 g/mol. The first-order valence-electron chi connectivity index (χ1n) is 8.00. The third-order valence-electron chi connectivity index (χ3n) is 3.76. The molecular formula is C19H14ClFN2O4. The monoisotopic (exact) mass is 388 g/mol. The van der Waals surface area contributed by atoms with Gasteiger partial charge in [-0.25, -0.2) is 14.1 Å². The number of carbonyl (C=O) groups excluding carboxylic acids is 3. The van der Waals surface area contributed by atoms with Gasteiger partial charge in [-0.1, -0.05) is 29.8 Å². The maximum Gasteiger partial charge on any atom is 0.336 e. The lowest BCUT2D eigenvalue weighted by atomic mass is 10.1. The van der Waals surface area contributed by atoms with Crippen LogP contribution < -0.4 is 15.0 Å². The smallest absolute Gasteiger partial charge is 0.336 e. The first-order chi connectivity index (χ1) is 12.9. The zero-order valence-corrected chi connectivity index (χ0v) is 14.9. The van der Waals surface area contributed by atoms with Crippen molar-refractivity contribution >= 4 is 41.2 Å². The van der Waals surface area contributed by atoms with E-state index in [1.165, 1.54) is 30.3 Å². The standard InChI is InChI=1S/C19H14ClFN2O4/c1-2-27-16-8-7-11(10-13(16)20)9-12-17(24)22-19(26)23(18(12)25)15-6-4-3-5-14(15)21/h3-10H,2H2,1H3,(H,22,24,26)/b12-9-. The lowest BCUT2D eigenvalue weighted by molar-refractivity contribution is -0.122. The molecule has 4 amide bonds. The Hall–Kier alpha value is -3.19. The summed E-state index contributed by atoms with van der Waals surface area (Å²) in [4.78, 5) is 37.5. The largest absolute Gasteiger partial charge is 0.492 e. The third-order valence-corrected chi connectivity index (χ3v) is 4.06. The minimum absolute atomic E-state index is 0.247. The molecule has 1 heterocycles. The highest BCUT2D eigenvalue weighted by Gasteiger charge is 2.37. The number of hydrogen-bond acceptors (Lipinski definition) is 4. The number of hydrogen-bond donors (Lipinski definition) is 1. The van der Waals surface area contributed by atoms with E-state index in [0.717, 1.165) is 6.07 Å². The van der Waals surface area contributed by atoms with E-state index in [1.807, 2.05) is 12.2 Å². The second-order valence-electron chi connectivity index (χ2n) is 5.53. The number of anilines is 1. The summed E-state index contributed by atoms with van der Waals surface area (Å²) in [5.74, 6) is -2.11. The van der Waals surface area contributed by atoms with Crippen molar-refractivity contribution in [1.82, 2.24) is 5.32 Å². The van der Waals surface area contributed by atoms with Crippen LogP contribution in [-0.2, 0) is 9.59 Å². The van der Waals surface area contributed by atoms with Crippen molar-refractivity contribution in [2.75, 3.05) is 11.5 Å². The van der Waals surface area contributed by atoms with Crippen LogP contribution in [-0.4, -0.2) is 24.5 Å². The second kappa shape index (κ2) is 7.59. The molecule has 0 atom stereocenters. The average molecular weight is 389 g/mol. The number of carbonyl (C=O) groups is 3. The first kappa shape index (κ1) is 18.6. The van der Waals surface area contributed by atoms with Crippen LogP contribution in [0.4, 0.5) is 14.9 Å². The topological polar surface area (TPSA) is 75.7 Å². The summed E-state index contributed by atoms with van der Waals surface area (Å²) in [5.41, 5.74) is -0.119. The number of amides is 4. The van der Waals surface area contributed by atoms with Gasteiger partial charge in [0.15, 0.2) is 0 Å². The van der Waals surface area contributed by atoms with Gasteiger partial charge in [-0.15, -0.1) is 0 Å². The van der Waals surface area contributed by atoms with Crippen molar-refractivity contribution in [3.63, 3.8) is 0 Å². The van der Waals surface area contributed by atoms with E-state index >= 15 is 0 Å². The van der Waals surface area contributed by atoms with Gasteiger partial charge < -0.3 is 4.74 Å². The highest BCUT2D eigenvalue weighted by molar-refractivity contribution is 6.39. The van der Waals surface area contributed by atoms with Crippen molar-refractivity contribution in [3.05, 3.63) is 64.4 Å². The number of nitrogens with one attached hydrogen (secondary N) is 1. The van der Waals surface area contributed by atoms with Gasteiger partial charge in [0.25, 0.3) is 11.8 Å². The van der Waals surface area contributed by atoms with E-state index in [0.29, 0.717) is 27.8 Å². The summed E-state index contributed by atoms with van der Waals surface area (Å²) in [5, 5.41) is 2.34. The van der Waals surface area contributed by atoms with Gasteiger partial charge in [-0.3, -0.25) is 14.9 Å². The minimum Gasteiger partial charge on any atom is -0.492 e. The van der Waals surface area contributed by atoms with Crippen LogP contribution in [0.3, 0.4) is 0 Å². The zero-order valence-electron chi connectivity index (χ0n) is 14.2. The molecule has 1 aliphatic heterocycles. The molecule has 138 valence electrons. The number of rotatable bonds is 4. The van der Waals surface area contributed by atoms with Crippen LogP contribution in [0.2, 0.25) is 5.02 Å². The van der Waals surface area contributed by atoms with Crippen LogP contribution >= 0.6 is 11.6 Å². The maximum atomic E-state index is 14.0. The third kappa shape index (κ3) is 3.68. The number of para-hydroxylation sites is 1. The number of ether oxygens (including phenoxy) is 1. The lowest BCUT2D eigenvalue weighted by Crippen LogP contribution is -2.54. The second-order valence-corrected chi connectivity index (χ2v) is 5.94. The van der Waals surface area contributed by atoms with Crippen LogP contribution in [0.15, 0.2) is 48.0 Å². The molecule has 6 nitrogen and oxygen atoms in total. The van der Waals surface area contributed by atoms with Gasteiger partial charge >= 0.3 is 6.03 Å². The van der Waals surface area contributed by atoms with Gasteiger partial charge in [0, 0.05) is 0 Å². The molecule has 0 aliphatic carbocycles. The molecule has 0 radical (unpaired) electrons. The van der Waals surface area contributed by atoms with Gasteiger partial charge in [0.05, 0.1) is 17.3 Å². The summed E-state index contributed by atoms with van der Waals surface area (Å²) in [6.07, 6.45) is 1.28. The fourth-order valence-corrected chi connectivity index (χ4v) is 2.80. The highest BCUT2D eigenvalue weighted by atomic mass is 35.5. The number of benzene rings is 2. The van der Waals surface area contributed by atoms with Crippen molar-refractivity contribution in [1.29, 1.82) is 0 Å². The van der Waals surface area contributed by atoms with Gasteiger partial charge in [0.2, 0.25) is 0 Å². The van der Waals surface area contributed by atoms with E-state index in [-0.39, 0.29) is 11.3 Å². The van der Waals surface area contributed by atoms with Crippen molar-refractivity contribution in [3.8, 4) is 5.75 Å². The van der Waals surface area contributed by atoms with Crippen LogP contribution in [0, 0.1) is 5.82 Å². The molecule has 1 fully saturated rings. The van der Waals surface area contributed by atoms with Crippen molar-refractivity contribution in [2.24, 2.45) is 0 Å². The fraction of sp³-hybridized carbons (Fsp3) is 0.105. The van der Waals surface area contributed by atoms with Crippen LogP contribution in [0.1, 0.15) is 12.5 Å². The van der Waals surface area contributed by atoms with E-state index < -0.39 is 23.7 Å². The lowest BCUT2D eigenvalue weighted by Gasteiger charge is -2.26. The Balaban J connectivity index is 2.00. The summed E-state index contributed by atoms with van der Waals surface area (Å²) in [7, 11) is 0. The molecule has 1 N–H and O–H groups in total. The Morgan fingerprint density at radius 1 is 1.19 bits per heavy atom. The molecule has 1 saturated heterocycles. The molecule has 0 saturated carbocycles. The molecule has 27 heavy (non-hydrogen) atoms. The van der Waals surface area contributed by atoms with Gasteiger partial charge in [-0.05, 0) is 42.8 Å². The Bertz CT molecular complexity index is 974. The minimum atomic E-state index is -1.02.